The maximum Gasteiger partial charge on any atom is 0.182 e. The first-order valence-corrected chi connectivity index (χ1v) is 7.16. The Kier molecular flexibility index (Phi) is 3.66. The Morgan fingerprint density at radius 2 is 2.00 bits per heavy atom. The number of imidazole rings is 1. The molecule has 0 saturated carbocycles. The van der Waals surface area contributed by atoms with Crippen LogP contribution in [-0.2, 0) is 0 Å². The minimum Gasteiger partial charge on any atom is -0.497 e. The smallest absolute Gasteiger partial charge is 0.182 e. The second kappa shape index (κ2) is 5.61. The average molecular weight is 300 g/mol. The summed E-state index contributed by atoms with van der Waals surface area (Å²) in [4.78, 5) is 3.23. The van der Waals surface area contributed by atoms with Gasteiger partial charge in [-0.1, -0.05) is 12.1 Å². The highest BCUT2D eigenvalue weighted by atomic mass is 32.1. The summed E-state index contributed by atoms with van der Waals surface area (Å²) in [5.74, 6) is 1.60. The standard InChI is InChI=1S/C16H16N2O2S/c1-3-20-14-9-5-8-13-15(14)17-16(21)18(13)11-6-4-7-12(10-11)19-2/h4-10H,3H2,1-2H3,(H,17,21). The van der Waals surface area contributed by atoms with E-state index in [4.69, 9.17) is 21.7 Å². The zero-order chi connectivity index (χ0) is 14.8. The molecule has 5 heteroatoms. The molecule has 0 amide bonds. The normalized spacial score (nSPS) is 10.8. The third kappa shape index (κ3) is 2.40. The minimum absolute atomic E-state index is 0.615. The molecule has 3 rings (SSSR count). The molecule has 3 aromatic rings. The van der Waals surface area contributed by atoms with Crippen molar-refractivity contribution in [3.05, 3.63) is 47.2 Å². The van der Waals surface area contributed by atoms with Crippen molar-refractivity contribution in [2.24, 2.45) is 0 Å². The van der Waals surface area contributed by atoms with Crippen molar-refractivity contribution in [1.29, 1.82) is 0 Å². The van der Waals surface area contributed by atoms with Crippen LogP contribution in [0.4, 0.5) is 0 Å². The van der Waals surface area contributed by atoms with Crippen LogP contribution in [-0.4, -0.2) is 23.3 Å². The van der Waals surface area contributed by atoms with Gasteiger partial charge in [-0.25, -0.2) is 0 Å². The number of para-hydroxylation sites is 1. The number of H-pyrrole nitrogens is 1. The van der Waals surface area contributed by atoms with Gasteiger partial charge >= 0.3 is 0 Å². The topological polar surface area (TPSA) is 39.2 Å². The number of rotatable bonds is 4. The van der Waals surface area contributed by atoms with Gasteiger partial charge in [-0.3, -0.25) is 4.57 Å². The molecule has 0 bridgehead atoms. The van der Waals surface area contributed by atoms with Gasteiger partial charge in [0.15, 0.2) is 4.77 Å². The molecule has 1 aromatic heterocycles. The van der Waals surface area contributed by atoms with E-state index in [1.54, 1.807) is 7.11 Å². The Balaban J connectivity index is 2.25. The van der Waals surface area contributed by atoms with Gasteiger partial charge in [-0.15, -0.1) is 0 Å². The Morgan fingerprint density at radius 1 is 1.19 bits per heavy atom. The molecule has 1 N–H and O–H groups in total. The van der Waals surface area contributed by atoms with Gasteiger partial charge < -0.3 is 14.5 Å². The lowest BCUT2D eigenvalue weighted by molar-refractivity contribution is 0.343. The number of aromatic amines is 1. The fourth-order valence-electron chi connectivity index (χ4n) is 2.39. The molecule has 0 spiro atoms. The van der Waals surface area contributed by atoms with E-state index in [0.717, 1.165) is 28.2 Å². The van der Waals surface area contributed by atoms with Crippen LogP contribution in [0.5, 0.6) is 11.5 Å². The summed E-state index contributed by atoms with van der Waals surface area (Å²) < 4.78 is 13.5. The van der Waals surface area contributed by atoms with Crippen molar-refractivity contribution in [2.75, 3.05) is 13.7 Å². The van der Waals surface area contributed by atoms with Crippen LogP contribution in [0.3, 0.4) is 0 Å². The van der Waals surface area contributed by atoms with Gasteiger partial charge in [0.1, 0.15) is 17.0 Å². The number of hydrogen-bond donors (Lipinski definition) is 1. The summed E-state index contributed by atoms with van der Waals surface area (Å²) in [6.45, 7) is 2.58. The summed E-state index contributed by atoms with van der Waals surface area (Å²) in [5, 5.41) is 0. The van der Waals surface area contributed by atoms with Crippen LogP contribution in [0.1, 0.15) is 6.92 Å². The van der Waals surface area contributed by atoms with Gasteiger partial charge in [0.05, 0.1) is 24.9 Å². The minimum atomic E-state index is 0.615. The molecule has 21 heavy (non-hydrogen) atoms. The van der Waals surface area contributed by atoms with E-state index in [1.165, 1.54) is 0 Å². The van der Waals surface area contributed by atoms with Crippen LogP contribution in [0.2, 0.25) is 0 Å². The predicted octanol–water partition coefficient (Wildman–Crippen LogP) is 4.10. The molecule has 0 radical (unpaired) electrons. The van der Waals surface area contributed by atoms with Crippen molar-refractivity contribution in [1.82, 2.24) is 9.55 Å². The first-order valence-electron chi connectivity index (χ1n) is 6.75. The molecular formula is C16H16N2O2S. The second-order valence-electron chi connectivity index (χ2n) is 4.55. The van der Waals surface area contributed by atoms with E-state index in [-0.39, 0.29) is 0 Å². The fraction of sp³-hybridized carbons (Fsp3) is 0.188. The lowest BCUT2D eigenvalue weighted by atomic mass is 10.2. The van der Waals surface area contributed by atoms with E-state index in [1.807, 2.05) is 54.0 Å². The monoisotopic (exact) mass is 300 g/mol. The molecule has 1 heterocycles. The summed E-state index contributed by atoms with van der Waals surface area (Å²) in [6, 6.07) is 13.7. The summed E-state index contributed by atoms with van der Waals surface area (Å²) in [6.07, 6.45) is 0. The highest BCUT2D eigenvalue weighted by molar-refractivity contribution is 7.71. The highest BCUT2D eigenvalue weighted by Crippen LogP contribution is 2.28. The summed E-state index contributed by atoms with van der Waals surface area (Å²) >= 11 is 5.47. The van der Waals surface area contributed by atoms with Crippen LogP contribution in [0.15, 0.2) is 42.5 Å². The van der Waals surface area contributed by atoms with Crippen LogP contribution < -0.4 is 9.47 Å². The van der Waals surface area contributed by atoms with Crippen molar-refractivity contribution in [3.63, 3.8) is 0 Å². The van der Waals surface area contributed by atoms with E-state index in [9.17, 15) is 0 Å². The molecule has 0 atom stereocenters. The Bertz CT molecular complexity index is 836. The number of fused-ring (bicyclic) bond motifs is 1. The van der Waals surface area contributed by atoms with Gasteiger partial charge in [0.2, 0.25) is 0 Å². The van der Waals surface area contributed by atoms with E-state index < -0.39 is 0 Å². The van der Waals surface area contributed by atoms with E-state index >= 15 is 0 Å². The average Bonchev–Trinajstić information content (AvgIpc) is 2.85. The fourth-order valence-corrected chi connectivity index (χ4v) is 2.69. The van der Waals surface area contributed by atoms with Crippen LogP contribution in [0.25, 0.3) is 16.7 Å². The van der Waals surface area contributed by atoms with Crippen molar-refractivity contribution >= 4 is 23.3 Å². The number of aromatic nitrogens is 2. The zero-order valence-corrected chi connectivity index (χ0v) is 12.7. The first kappa shape index (κ1) is 13.7. The number of methoxy groups -OCH3 is 1. The number of nitrogens with zero attached hydrogens (tertiary/aromatic N) is 1. The van der Waals surface area contributed by atoms with Crippen LogP contribution >= 0.6 is 12.2 Å². The van der Waals surface area contributed by atoms with E-state index in [0.29, 0.717) is 11.4 Å². The third-order valence-corrected chi connectivity index (χ3v) is 3.58. The number of nitrogens with one attached hydrogen (secondary N) is 1. The summed E-state index contributed by atoms with van der Waals surface area (Å²) in [7, 11) is 1.65. The Morgan fingerprint density at radius 3 is 2.76 bits per heavy atom. The van der Waals surface area contributed by atoms with Gasteiger partial charge in [0, 0.05) is 6.07 Å². The second-order valence-corrected chi connectivity index (χ2v) is 4.94. The van der Waals surface area contributed by atoms with Crippen LogP contribution in [0, 0.1) is 4.77 Å². The van der Waals surface area contributed by atoms with Crippen molar-refractivity contribution in [3.8, 4) is 17.2 Å². The molecule has 0 aliphatic carbocycles. The van der Waals surface area contributed by atoms with Crippen molar-refractivity contribution < 1.29 is 9.47 Å². The molecule has 0 aliphatic heterocycles. The molecule has 108 valence electrons. The quantitative estimate of drug-likeness (QED) is 0.737. The molecule has 0 unspecified atom stereocenters. The molecule has 0 saturated heterocycles. The lowest BCUT2D eigenvalue weighted by Crippen LogP contribution is -1.95. The molecule has 0 aliphatic rings. The number of ether oxygens (including phenoxy) is 2. The largest absolute Gasteiger partial charge is 0.497 e. The van der Waals surface area contributed by atoms with E-state index in [2.05, 4.69) is 4.98 Å². The molecular weight excluding hydrogens is 284 g/mol. The summed E-state index contributed by atoms with van der Waals surface area (Å²) in [5.41, 5.74) is 2.85. The SMILES string of the molecule is CCOc1cccc2c1[nH]c(=S)n2-c1cccc(OC)c1. The molecule has 4 nitrogen and oxygen atoms in total. The number of hydrogen-bond acceptors (Lipinski definition) is 3. The maximum atomic E-state index is 5.65. The van der Waals surface area contributed by atoms with Gasteiger partial charge in [-0.05, 0) is 43.4 Å². The van der Waals surface area contributed by atoms with Crippen molar-refractivity contribution in [2.45, 2.75) is 6.92 Å². The zero-order valence-electron chi connectivity index (χ0n) is 11.9. The molecule has 2 aromatic carbocycles. The van der Waals surface area contributed by atoms with Gasteiger partial charge in [-0.2, -0.15) is 0 Å². The molecule has 0 fully saturated rings. The lowest BCUT2D eigenvalue weighted by Gasteiger charge is -2.08. The van der Waals surface area contributed by atoms with Gasteiger partial charge in [0.25, 0.3) is 0 Å². The predicted molar refractivity (Wildman–Crippen MR) is 86.2 cm³/mol. The third-order valence-electron chi connectivity index (χ3n) is 3.29. The highest BCUT2D eigenvalue weighted by Gasteiger charge is 2.11. The number of benzene rings is 2. The maximum absolute atomic E-state index is 5.65. The Hall–Kier alpha value is -2.27. The first-order chi connectivity index (χ1) is 10.2. The Labute approximate surface area is 127 Å².